The number of aliphatic hydroxyl groups excluding tert-OH is 1. The molecule has 5 aliphatic rings. The van der Waals surface area contributed by atoms with E-state index in [2.05, 4.69) is 15.9 Å². The summed E-state index contributed by atoms with van der Waals surface area (Å²) >= 11 is 1.20. The number of alkyl halides is 1. The van der Waals surface area contributed by atoms with Gasteiger partial charge in [-0.25, -0.2) is 13.2 Å². The van der Waals surface area contributed by atoms with Gasteiger partial charge in [0, 0.05) is 72.8 Å². The van der Waals surface area contributed by atoms with Gasteiger partial charge in [0.2, 0.25) is 0 Å². The largest absolute Gasteiger partial charge is 0.463 e. The summed E-state index contributed by atoms with van der Waals surface area (Å²) in [5, 5.41) is 21.3. The molecular weight excluding hydrogens is 752 g/mol. The number of aromatic nitrogens is 2. The van der Waals surface area contributed by atoms with Crippen LogP contribution in [0.2, 0.25) is 0 Å². The van der Waals surface area contributed by atoms with Crippen LogP contribution in [0.25, 0.3) is 16.5 Å². The molecule has 1 saturated carbocycles. The number of piperazine rings is 1. The highest BCUT2D eigenvalue weighted by molar-refractivity contribution is 8.03. The van der Waals surface area contributed by atoms with Crippen LogP contribution in [-0.4, -0.2) is 101 Å². The van der Waals surface area contributed by atoms with Crippen molar-refractivity contribution < 1.29 is 27.8 Å². The van der Waals surface area contributed by atoms with Crippen molar-refractivity contribution in [3.63, 3.8) is 0 Å². The molecule has 14 heteroatoms. The number of hydrogen-bond acceptors (Lipinski definition) is 11. The SMILES string of the molecule is C/C=C(/F)C1=C(C(=C(C)CC)c2c3c(c4c(N5C6CCC5CN(CC(C)O)C6)nc(OCC5(CN(C)CC(F)CC)CC5)nc4c2F)COC3)C(C#N)=C(N)CS1. The minimum Gasteiger partial charge on any atom is -0.463 e. The number of nitrogens with two attached hydrogens (primary N) is 1. The molecule has 1 aromatic heterocycles. The Hall–Kier alpha value is -3.61. The summed E-state index contributed by atoms with van der Waals surface area (Å²) < 4.78 is 60.8. The van der Waals surface area contributed by atoms with Crippen molar-refractivity contribution in [3.05, 3.63) is 61.7 Å². The monoisotopic (exact) mass is 807 g/mol. The smallest absolute Gasteiger partial charge is 0.319 e. The van der Waals surface area contributed by atoms with Crippen molar-refractivity contribution >= 4 is 34.1 Å². The lowest BCUT2D eigenvalue weighted by molar-refractivity contribution is 0.111. The van der Waals surface area contributed by atoms with Crippen LogP contribution >= 0.6 is 11.8 Å². The average Bonchev–Trinajstić information content (AvgIpc) is 3.67. The average molecular weight is 808 g/mol. The maximum absolute atomic E-state index is 18.1. The van der Waals surface area contributed by atoms with Gasteiger partial charge in [-0.1, -0.05) is 25.5 Å². The van der Waals surface area contributed by atoms with Crippen LogP contribution in [0.4, 0.5) is 19.0 Å². The second kappa shape index (κ2) is 16.9. The van der Waals surface area contributed by atoms with Gasteiger partial charge in [0.15, 0.2) is 5.82 Å². The Morgan fingerprint density at radius 3 is 2.53 bits per heavy atom. The van der Waals surface area contributed by atoms with Crippen molar-refractivity contribution in [1.82, 2.24) is 19.8 Å². The molecule has 2 saturated heterocycles. The molecule has 308 valence electrons. The molecule has 7 rings (SSSR count). The number of rotatable bonds is 15. The van der Waals surface area contributed by atoms with Crippen LogP contribution < -0.4 is 15.4 Å². The van der Waals surface area contributed by atoms with E-state index in [4.69, 9.17) is 25.2 Å². The number of nitriles is 1. The van der Waals surface area contributed by atoms with Crippen molar-refractivity contribution in [2.24, 2.45) is 11.1 Å². The predicted molar refractivity (Wildman–Crippen MR) is 219 cm³/mol. The van der Waals surface area contributed by atoms with Gasteiger partial charge in [-0.2, -0.15) is 15.2 Å². The second-order valence-electron chi connectivity index (χ2n) is 16.7. The third kappa shape index (κ3) is 8.07. The molecule has 0 amide bonds. The first kappa shape index (κ1) is 41.5. The number of halogens is 3. The van der Waals surface area contributed by atoms with Crippen LogP contribution in [0.5, 0.6) is 6.01 Å². The van der Waals surface area contributed by atoms with E-state index in [0.29, 0.717) is 67.1 Å². The molecule has 0 radical (unpaired) electrons. The topological polar surface area (TPSA) is 124 Å². The van der Waals surface area contributed by atoms with Crippen LogP contribution in [0.1, 0.15) is 89.8 Å². The Labute approximate surface area is 338 Å². The van der Waals surface area contributed by atoms with Gasteiger partial charge >= 0.3 is 6.01 Å². The van der Waals surface area contributed by atoms with E-state index in [9.17, 15) is 14.8 Å². The van der Waals surface area contributed by atoms with Gasteiger partial charge in [0.05, 0.1) is 41.8 Å². The zero-order valence-electron chi connectivity index (χ0n) is 34.1. The molecule has 2 bridgehead atoms. The summed E-state index contributed by atoms with van der Waals surface area (Å²) in [6, 6.07) is 2.44. The van der Waals surface area contributed by atoms with Crippen LogP contribution in [0.15, 0.2) is 39.2 Å². The molecule has 2 aromatic rings. The third-order valence-electron chi connectivity index (χ3n) is 12.3. The van der Waals surface area contributed by atoms with Gasteiger partial charge in [0.25, 0.3) is 0 Å². The maximum atomic E-state index is 18.1. The van der Waals surface area contributed by atoms with E-state index >= 15 is 8.78 Å². The molecule has 4 unspecified atom stereocenters. The van der Waals surface area contributed by atoms with Gasteiger partial charge in [-0.05, 0) is 83.0 Å². The molecule has 4 atom stereocenters. The quantitative estimate of drug-likeness (QED) is 0.186. The number of fused-ring (bicyclic) bond motifs is 5. The highest BCUT2D eigenvalue weighted by atomic mass is 32.2. The fourth-order valence-electron chi connectivity index (χ4n) is 9.19. The Balaban J connectivity index is 1.41. The fraction of sp³-hybridized carbons (Fsp3) is 0.605. The Morgan fingerprint density at radius 2 is 1.91 bits per heavy atom. The summed E-state index contributed by atoms with van der Waals surface area (Å²) in [7, 11) is 1.93. The van der Waals surface area contributed by atoms with Crippen LogP contribution in [0.3, 0.4) is 0 Å². The molecule has 1 aliphatic carbocycles. The number of hydrogen-bond donors (Lipinski definition) is 2. The Morgan fingerprint density at radius 1 is 1.21 bits per heavy atom. The zero-order valence-corrected chi connectivity index (χ0v) is 34.9. The summed E-state index contributed by atoms with van der Waals surface area (Å²) in [5.74, 6) is -0.284. The minimum atomic E-state index is -0.905. The molecule has 3 N–H and O–H groups in total. The number of β-amino-alcohol motifs (C(OH)–C–C–N with tert-alkyl or cyclic N) is 1. The first-order chi connectivity index (χ1) is 27.3. The highest BCUT2D eigenvalue weighted by Gasteiger charge is 2.46. The molecule has 10 nitrogen and oxygen atoms in total. The summed E-state index contributed by atoms with van der Waals surface area (Å²) in [5.41, 5.74) is 9.86. The number of anilines is 1. The third-order valence-corrected chi connectivity index (χ3v) is 13.5. The Bertz CT molecular complexity index is 2060. The number of aliphatic hydroxyl groups is 1. The fourth-order valence-corrected chi connectivity index (χ4v) is 10.2. The molecule has 1 aromatic carbocycles. The number of thioether (sulfide) groups is 1. The van der Waals surface area contributed by atoms with E-state index in [1.165, 1.54) is 17.8 Å². The summed E-state index contributed by atoms with van der Waals surface area (Å²) in [4.78, 5) is 16.8. The molecule has 5 heterocycles. The standard InChI is InChI=1S/C43H56F3N7O3S/c1-7-24(4)34(36-29(14-47)33(48)21-57-40(36)32(45)9-3)35-30-19-55-20-31(30)37-39(38(35)46)49-42(56-23-43(12-13-43)22-51(6)16-26(44)8-2)50-41(37)53-27-10-11-28(53)18-52(17-27)15-25(5)54/h9,25-28,54H,7-8,10-13,15-23,48H2,1-6H3/b32-9+,34-24?. The minimum absolute atomic E-state index is 0.0607. The lowest BCUT2D eigenvalue weighted by atomic mass is 9.82. The van der Waals surface area contributed by atoms with E-state index < -0.39 is 23.9 Å². The second-order valence-corrected chi connectivity index (χ2v) is 17.7. The van der Waals surface area contributed by atoms with Gasteiger partial charge in [-0.3, -0.25) is 4.90 Å². The molecule has 3 fully saturated rings. The molecule has 57 heavy (non-hydrogen) atoms. The number of allylic oxidation sites excluding steroid dienone is 6. The van der Waals surface area contributed by atoms with Crippen molar-refractivity contribution in [2.45, 2.75) is 111 Å². The van der Waals surface area contributed by atoms with E-state index in [0.717, 1.165) is 49.9 Å². The number of likely N-dealkylation sites (tertiary alicyclic amines) is 1. The van der Waals surface area contributed by atoms with E-state index in [-0.39, 0.29) is 69.6 Å². The van der Waals surface area contributed by atoms with Crippen molar-refractivity contribution in [3.8, 4) is 12.1 Å². The summed E-state index contributed by atoms with van der Waals surface area (Å²) in [6.07, 6.45) is 4.61. The Kier molecular flexibility index (Phi) is 12.3. The first-order valence-electron chi connectivity index (χ1n) is 20.4. The zero-order chi connectivity index (χ0) is 40.8. The van der Waals surface area contributed by atoms with Crippen LogP contribution in [-0.2, 0) is 18.0 Å². The molecule has 0 spiro atoms. The first-order valence-corrected chi connectivity index (χ1v) is 21.4. The predicted octanol–water partition coefficient (Wildman–Crippen LogP) is 7.47. The molecular formula is C43H56F3N7O3S. The van der Waals surface area contributed by atoms with Crippen molar-refractivity contribution in [2.75, 3.05) is 57.0 Å². The van der Waals surface area contributed by atoms with E-state index in [1.807, 2.05) is 32.7 Å². The summed E-state index contributed by atoms with van der Waals surface area (Å²) in [6.45, 7) is 12.7. The van der Waals surface area contributed by atoms with Gasteiger partial charge < -0.3 is 30.1 Å². The van der Waals surface area contributed by atoms with E-state index in [1.54, 1.807) is 13.8 Å². The lowest BCUT2D eigenvalue weighted by Crippen LogP contribution is -2.55. The highest BCUT2D eigenvalue weighted by Crippen LogP contribution is 2.51. The van der Waals surface area contributed by atoms with Crippen molar-refractivity contribution in [1.29, 1.82) is 5.26 Å². The van der Waals surface area contributed by atoms with Crippen LogP contribution in [0, 0.1) is 22.6 Å². The number of benzene rings is 1. The van der Waals surface area contributed by atoms with Gasteiger partial charge in [-0.15, -0.1) is 11.8 Å². The lowest BCUT2D eigenvalue weighted by Gasteiger charge is -2.42. The maximum Gasteiger partial charge on any atom is 0.319 e. The normalized spacial score (nSPS) is 23.6. The van der Waals surface area contributed by atoms with Gasteiger partial charge in [0.1, 0.15) is 29.4 Å². The number of ether oxygens (including phenoxy) is 2. The number of nitrogens with zero attached hydrogens (tertiary/aromatic N) is 6. The molecule has 4 aliphatic heterocycles.